The molecular weight excluding hydrogens is 271 g/mol. The Hall–Kier alpha value is -0.450. The minimum absolute atomic E-state index is 0.117. The zero-order chi connectivity index (χ0) is 11.5. The van der Waals surface area contributed by atoms with Crippen LogP contribution in [0.15, 0.2) is 22.7 Å². The molecule has 1 N–H and O–H groups in total. The fourth-order valence-corrected chi connectivity index (χ4v) is 2.41. The predicted octanol–water partition coefficient (Wildman–Crippen LogP) is 2.38. The summed E-state index contributed by atoms with van der Waals surface area (Å²) in [5.74, 6) is -0.117. The summed E-state index contributed by atoms with van der Waals surface area (Å²) in [6.07, 6.45) is 0. The Labute approximate surface area is 104 Å². The smallest absolute Gasteiger partial charge is 0.127 e. The van der Waals surface area contributed by atoms with E-state index in [9.17, 15) is 4.39 Å². The van der Waals surface area contributed by atoms with Gasteiger partial charge in [-0.1, -0.05) is 15.9 Å². The monoisotopic (exact) mass is 286 g/mol. The average molecular weight is 287 g/mol. The van der Waals surface area contributed by atoms with Crippen LogP contribution in [-0.4, -0.2) is 30.6 Å². The second kappa shape index (κ2) is 5.25. The summed E-state index contributed by atoms with van der Waals surface area (Å²) in [5, 5.41) is 3.33. The van der Waals surface area contributed by atoms with E-state index in [0.717, 1.165) is 29.7 Å². The first-order valence-corrected chi connectivity index (χ1v) is 6.35. The van der Waals surface area contributed by atoms with Gasteiger partial charge in [0.15, 0.2) is 0 Å². The van der Waals surface area contributed by atoms with Crippen molar-refractivity contribution in [1.82, 2.24) is 10.2 Å². The molecule has 1 aliphatic heterocycles. The molecule has 4 heteroatoms. The van der Waals surface area contributed by atoms with Gasteiger partial charge in [-0.2, -0.15) is 0 Å². The summed E-state index contributed by atoms with van der Waals surface area (Å²) >= 11 is 3.38. The lowest BCUT2D eigenvalue weighted by Gasteiger charge is -2.33. The highest BCUT2D eigenvalue weighted by atomic mass is 79.9. The highest BCUT2D eigenvalue weighted by Crippen LogP contribution is 2.18. The molecule has 0 saturated carbocycles. The van der Waals surface area contributed by atoms with Gasteiger partial charge in [-0.15, -0.1) is 0 Å². The molecule has 1 heterocycles. The molecule has 0 bridgehead atoms. The lowest BCUT2D eigenvalue weighted by molar-refractivity contribution is 0.164. The normalized spacial score (nSPS) is 22.3. The molecule has 0 aromatic heterocycles. The molecule has 1 fully saturated rings. The molecule has 0 radical (unpaired) electrons. The molecule has 16 heavy (non-hydrogen) atoms. The second-order valence-corrected chi connectivity index (χ2v) is 5.18. The van der Waals surface area contributed by atoms with Crippen molar-refractivity contribution in [2.75, 3.05) is 19.6 Å². The van der Waals surface area contributed by atoms with Crippen LogP contribution in [0.2, 0.25) is 0 Å². The van der Waals surface area contributed by atoms with Gasteiger partial charge >= 0.3 is 0 Å². The molecule has 88 valence electrons. The SMILES string of the molecule is C[C@@H]1CNCCN1Cc1cc(Br)ccc1F. The minimum atomic E-state index is -0.117. The molecule has 0 aliphatic carbocycles. The minimum Gasteiger partial charge on any atom is -0.314 e. The zero-order valence-electron chi connectivity index (χ0n) is 9.34. The van der Waals surface area contributed by atoms with E-state index in [2.05, 4.69) is 33.1 Å². The summed E-state index contributed by atoms with van der Waals surface area (Å²) < 4.78 is 14.5. The van der Waals surface area contributed by atoms with Crippen molar-refractivity contribution in [2.24, 2.45) is 0 Å². The van der Waals surface area contributed by atoms with Crippen LogP contribution in [0.1, 0.15) is 12.5 Å². The fourth-order valence-electron chi connectivity index (χ4n) is 2.00. The van der Waals surface area contributed by atoms with Gasteiger partial charge in [-0.25, -0.2) is 4.39 Å². The number of halogens is 2. The molecule has 1 aliphatic rings. The molecule has 2 rings (SSSR count). The Morgan fingerprint density at radius 2 is 2.38 bits per heavy atom. The van der Waals surface area contributed by atoms with Gasteiger partial charge in [-0.05, 0) is 25.1 Å². The van der Waals surface area contributed by atoms with E-state index in [1.165, 1.54) is 6.07 Å². The molecule has 2 nitrogen and oxygen atoms in total. The van der Waals surface area contributed by atoms with Crippen LogP contribution in [-0.2, 0) is 6.54 Å². The van der Waals surface area contributed by atoms with Gasteiger partial charge in [-0.3, -0.25) is 4.90 Å². The Morgan fingerprint density at radius 3 is 3.12 bits per heavy atom. The Bertz CT molecular complexity index is 370. The molecule has 1 aromatic rings. The zero-order valence-corrected chi connectivity index (χ0v) is 10.9. The summed E-state index contributed by atoms with van der Waals surface area (Å²) in [6.45, 7) is 5.80. The Balaban J connectivity index is 2.10. The number of piperazine rings is 1. The molecule has 0 unspecified atom stereocenters. The van der Waals surface area contributed by atoms with E-state index < -0.39 is 0 Å². The summed E-state index contributed by atoms with van der Waals surface area (Å²) in [6, 6.07) is 5.59. The van der Waals surface area contributed by atoms with Crippen molar-refractivity contribution in [2.45, 2.75) is 19.5 Å². The van der Waals surface area contributed by atoms with Gasteiger partial charge in [0.05, 0.1) is 0 Å². The topological polar surface area (TPSA) is 15.3 Å². The third kappa shape index (κ3) is 2.81. The highest BCUT2D eigenvalue weighted by Gasteiger charge is 2.19. The highest BCUT2D eigenvalue weighted by molar-refractivity contribution is 9.10. The van der Waals surface area contributed by atoms with Gasteiger partial charge in [0.2, 0.25) is 0 Å². The van der Waals surface area contributed by atoms with Crippen molar-refractivity contribution in [3.8, 4) is 0 Å². The van der Waals surface area contributed by atoms with E-state index >= 15 is 0 Å². The molecule has 0 spiro atoms. The molecule has 1 aromatic carbocycles. The van der Waals surface area contributed by atoms with Crippen molar-refractivity contribution in [1.29, 1.82) is 0 Å². The van der Waals surface area contributed by atoms with Crippen molar-refractivity contribution >= 4 is 15.9 Å². The van der Waals surface area contributed by atoms with E-state index in [1.54, 1.807) is 6.07 Å². The largest absolute Gasteiger partial charge is 0.314 e. The van der Waals surface area contributed by atoms with Crippen molar-refractivity contribution in [3.63, 3.8) is 0 Å². The van der Waals surface area contributed by atoms with E-state index in [0.29, 0.717) is 12.6 Å². The number of hydrogen-bond acceptors (Lipinski definition) is 2. The van der Waals surface area contributed by atoms with Gasteiger partial charge in [0.25, 0.3) is 0 Å². The van der Waals surface area contributed by atoms with Crippen molar-refractivity contribution in [3.05, 3.63) is 34.1 Å². The fraction of sp³-hybridized carbons (Fsp3) is 0.500. The van der Waals surface area contributed by atoms with Crippen molar-refractivity contribution < 1.29 is 4.39 Å². The standard InChI is InChI=1S/C12H16BrFN2/c1-9-7-15-4-5-16(9)8-10-6-11(13)2-3-12(10)14/h2-3,6,9,15H,4-5,7-8H2,1H3/t9-/m1/s1. The maximum Gasteiger partial charge on any atom is 0.127 e. The lowest BCUT2D eigenvalue weighted by Crippen LogP contribution is -2.49. The number of benzene rings is 1. The number of rotatable bonds is 2. The van der Waals surface area contributed by atoms with Gasteiger partial charge < -0.3 is 5.32 Å². The predicted molar refractivity (Wildman–Crippen MR) is 66.8 cm³/mol. The lowest BCUT2D eigenvalue weighted by atomic mass is 10.1. The molecule has 1 atom stereocenters. The maximum absolute atomic E-state index is 13.6. The molecular formula is C12H16BrFN2. The first-order valence-electron chi connectivity index (χ1n) is 5.55. The third-order valence-corrected chi connectivity index (χ3v) is 3.51. The van der Waals surface area contributed by atoms with E-state index in [-0.39, 0.29) is 5.82 Å². The summed E-state index contributed by atoms with van der Waals surface area (Å²) in [5.41, 5.74) is 0.767. The maximum atomic E-state index is 13.6. The van der Waals surface area contributed by atoms with Gasteiger partial charge in [0.1, 0.15) is 5.82 Å². The first-order chi connectivity index (χ1) is 7.66. The van der Waals surface area contributed by atoms with Gasteiger partial charge in [0, 0.05) is 42.3 Å². The van der Waals surface area contributed by atoms with E-state index in [4.69, 9.17) is 0 Å². The second-order valence-electron chi connectivity index (χ2n) is 4.26. The van der Waals surface area contributed by atoms with Crippen LogP contribution in [0.25, 0.3) is 0 Å². The quantitative estimate of drug-likeness (QED) is 0.898. The number of nitrogens with zero attached hydrogens (tertiary/aromatic N) is 1. The van der Waals surface area contributed by atoms with Crippen LogP contribution in [0.5, 0.6) is 0 Å². The van der Waals surface area contributed by atoms with Crippen LogP contribution >= 0.6 is 15.9 Å². The van der Waals surface area contributed by atoms with E-state index in [1.807, 2.05) is 6.07 Å². The number of nitrogens with one attached hydrogen (secondary N) is 1. The van der Waals surface area contributed by atoms with Crippen LogP contribution < -0.4 is 5.32 Å². The molecule has 1 saturated heterocycles. The van der Waals surface area contributed by atoms with Crippen LogP contribution in [0.3, 0.4) is 0 Å². The van der Waals surface area contributed by atoms with Crippen LogP contribution in [0, 0.1) is 5.82 Å². The summed E-state index contributed by atoms with van der Waals surface area (Å²) in [7, 11) is 0. The van der Waals surface area contributed by atoms with Crippen LogP contribution in [0.4, 0.5) is 4.39 Å². The third-order valence-electron chi connectivity index (χ3n) is 3.02. The average Bonchev–Trinajstić information content (AvgIpc) is 2.27. The first kappa shape index (κ1) is 12.0. The number of hydrogen-bond donors (Lipinski definition) is 1. The summed E-state index contributed by atoms with van der Waals surface area (Å²) in [4.78, 5) is 2.31. The molecule has 0 amide bonds. The Kier molecular flexibility index (Phi) is 3.95. The Morgan fingerprint density at radius 1 is 1.56 bits per heavy atom.